The van der Waals surface area contributed by atoms with Crippen LogP contribution in [0.5, 0.6) is 5.75 Å². The molecule has 0 atom stereocenters. The molecular formula is C23H22N4O3. The molecule has 0 saturated carbocycles. The van der Waals surface area contributed by atoms with Crippen LogP contribution in [0.4, 0.5) is 0 Å². The van der Waals surface area contributed by atoms with Crippen molar-refractivity contribution in [2.24, 2.45) is 5.10 Å². The lowest BCUT2D eigenvalue weighted by Crippen LogP contribution is -2.28. The van der Waals surface area contributed by atoms with E-state index in [4.69, 9.17) is 4.74 Å². The number of aryl methyl sites for hydroxylation is 1. The minimum absolute atomic E-state index is 0.0682. The third kappa shape index (κ3) is 6.56. The van der Waals surface area contributed by atoms with E-state index in [9.17, 15) is 9.59 Å². The number of nitrogens with one attached hydrogen (secondary N) is 2. The first-order chi connectivity index (χ1) is 14.6. The summed E-state index contributed by atoms with van der Waals surface area (Å²) in [7, 11) is 0. The zero-order valence-corrected chi connectivity index (χ0v) is 16.5. The van der Waals surface area contributed by atoms with E-state index in [1.807, 2.05) is 31.2 Å². The normalized spacial score (nSPS) is 10.6. The van der Waals surface area contributed by atoms with E-state index in [1.54, 1.807) is 48.8 Å². The van der Waals surface area contributed by atoms with Gasteiger partial charge < -0.3 is 10.1 Å². The summed E-state index contributed by atoms with van der Waals surface area (Å²) < 4.78 is 5.50. The number of benzene rings is 2. The molecule has 0 fully saturated rings. The highest BCUT2D eigenvalue weighted by Gasteiger charge is 2.04. The molecular weight excluding hydrogens is 380 g/mol. The van der Waals surface area contributed by atoms with Crippen LogP contribution in [0.3, 0.4) is 0 Å². The largest absolute Gasteiger partial charge is 0.484 e. The van der Waals surface area contributed by atoms with Crippen LogP contribution in [0.1, 0.15) is 27.0 Å². The van der Waals surface area contributed by atoms with Crippen LogP contribution in [0, 0.1) is 6.92 Å². The Hall–Kier alpha value is -4.00. The van der Waals surface area contributed by atoms with Gasteiger partial charge in [-0.2, -0.15) is 5.10 Å². The Bertz CT molecular complexity index is 1000. The maximum Gasteiger partial charge on any atom is 0.271 e. The van der Waals surface area contributed by atoms with Gasteiger partial charge in [-0.05, 0) is 54.4 Å². The van der Waals surface area contributed by atoms with Crippen LogP contribution in [0.25, 0.3) is 0 Å². The molecule has 3 rings (SSSR count). The van der Waals surface area contributed by atoms with Gasteiger partial charge in [-0.25, -0.2) is 5.43 Å². The Balaban J connectivity index is 1.41. The van der Waals surface area contributed by atoms with Gasteiger partial charge in [0.05, 0.1) is 6.21 Å². The molecule has 152 valence electrons. The number of hydrogen-bond donors (Lipinski definition) is 2. The summed E-state index contributed by atoms with van der Waals surface area (Å²) in [4.78, 5) is 27.7. The SMILES string of the molecule is Cc1ccc(CNC(=O)COc2ccc(/C=N/NC(=O)c3ccncc3)cc2)cc1. The van der Waals surface area contributed by atoms with Crippen molar-refractivity contribution in [1.29, 1.82) is 0 Å². The monoisotopic (exact) mass is 402 g/mol. The lowest BCUT2D eigenvalue weighted by molar-refractivity contribution is -0.123. The van der Waals surface area contributed by atoms with Crippen LogP contribution in [0.2, 0.25) is 0 Å². The second-order valence-corrected chi connectivity index (χ2v) is 6.56. The molecule has 3 aromatic rings. The molecule has 0 aliphatic carbocycles. The van der Waals surface area contributed by atoms with Gasteiger partial charge in [0, 0.05) is 24.5 Å². The summed E-state index contributed by atoms with van der Waals surface area (Å²) in [5.41, 5.74) is 5.92. The summed E-state index contributed by atoms with van der Waals surface area (Å²) in [5.74, 6) is 0.0590. The first-order valence-electron chi connectivity index (χ1n) is 9.39. The minimum Gasteiger partial charge on any atom is -0.484 e. The van der Waals surface area contributed by atoms with Crippen LogP contribution < -0.4 is 15.5 Å². The minimum atomic E-state index is -0.315. The Morgan fingerprint density at radius 3 is 2.40 bits per heavy atom. The van der Waals surface area contributed by atoms with Crippen molar-refractivity contribution in [1.82, 2.24) is 15.7 Å². The number of rotatable bonds is 8. The average Bonchev–Trinajstić information content (AvgIpc) is 2.78. The van der Waals surface area contributed by atoms with E-state index >= 15 is 0 Å². The molecule has 0 saturated heterocycles. The van der Waals surface area contributed by atoms with E-state index in [0.717, 1.165) is 11.1 Å². The van der Waals surface area contributed by atoms with Crippen LogP contribution in [-0.2, 0) is 11.3 Å². The Labute approximate surface area is 174 Å². The maximum absolute atomic E-state index is 11.9. The van der Waals surface area contributed by atoms with Gasteiger partial charge in [-0.15, -0.1) is 0 Å². The molecule has 7 heteroatoms. The molecule has 1 heterocycles. The van der Waals surface area contributed by atoms with Gasteiger partial charge in [-0.1, -0.05) is 29.8 Å². The number of hydrazone groups is 1. The number of carbonyl (C=O) groups excluding carboxylic acids is 2. The molecule has 0 aliphatic heterocycles. The summed E-state index contributed by atoms with van der Waals surface area (Å²) in [6, 6.07) is 18.2. The smallest absolute Gasteiger partial charge is 0.271 e. The van der Waals surface area contributed by atoms with Gasteiger partial charge in [0.15, 0.2) is 6.61 Å². The first-order valence-corrected chi connectivity index (χ1v) is 9.39. The van der Waals surface area contributed by atoms with Gasteiger partial charge in [0.25, 0.3) is 11.8 Å². The van der Waals surface area contributed by atoms with Crippen molar-refractivity contribution in [3.05, 3.63) is 95.3 Å². The van der Waals surface area contributed by atoms with Crippen molar-refractivity contribution in [3.8, 4) is 5.75 Å². The Morgan fingerprint density at radius 2 is 1.70 bits per heavy atom. The molecule has 2 amide bonds. The third-order valence-corrected chi connectivity index (χ3v) is 4.18. The molecule has 2 aromatic carbocycles. The fourth-order valence-electron chi connectivity index (χ4n) is 2.49. The third-order valence-electron chi connectivity index (χ3n) is 4.18. The average molecular weight is 402 g/mol. The second kappa shape index (κ2) is 10.5. The Morgan fingerprint density at radius 1 is 1.00 bits per heavy atom. The number of hydrogen-bond acceptors (Lipinski definition) is 5. The number of ether oxygens (including phenoxy) is 1. The van der Waals surface area contributed by atoms with E-state index in [-0.39, 0.29) is 18.4 Å². The highest BCUT2D eigenvalue weighted by molar-refractivity contribution is 5.94. The highest BCUT2D eigenvalue weighted by atomic mass is 16.5. The number of aromatic nitrogens is 1. The van der Waals surface area contributed by atoms with Crippen molar-refractivity contribution < 1.29 is 14.3 Å². The summed E-state index contributed by atoms with van der Waals surface area (Å²) >= 11 is 0. The number of amides is 2. The predicted octanol–water partition coefficient (Wildman–Crippen LogP) is 2.85. The van der Waals surface area contributed by atoms with Crippen molar-refractivity contribution in [2.75, 3.05) is 6.61 Å². The molecule has 2 N–H and O–H groups in total. The number of pyridine rings is 1. The fourth-order valence-corrected chi connectivity index (χ4v) is 2.49. The molecule has 0 spiro atoms. The standard InChI is InChI=1S/C23H22N4O3/c1-17-2-4-18(5-3-17)14-25-22(28)16-30-21-8-6-19(7-9-21)15-26-27-23(29)20-10-12-24-13-11-20/h2-13,15H,14,16H2,1H3,(H,25,28)(H,27,29)/b26-15+. The molecule has 0 aliphatic rings. The zero-order valence-electron chi connectivity index (χ0n) is 16.5. The lowest BCUT2D eigenvalue weighted by Gasteiger charge is -2.08. The molecule has 0 radical (unpaired) electrons. The molecule has 1 aromatic heterocycles. The van der Waals surface area contributed by atoms with Crippen LogP contribution in [0.15, 0.2) is 78.2 Å². The van der Waals surface area contributed by atoms with Gasteiger partial charge in [-0.3, -0.25) is 14.6 Å². The van der Waals surface area contributed by atoms with Gasteiger partial charge >= 0.3 is 0 Å². The van der Waals surface area contributed by atoms with E-state index < -0.39 is 0 Å². The van der Waals surface area contributed by atoms with Crippen molar-refractivity contribution in [2.45, 2.75) is 13.5 Å². The molecule has 0 bridgehead atoms. The number of carbonyl (C=O) groups is 2. The predicted molar refractivity (Wildman–Crippen MR) is 114 cm³/mol. The first kappa shape index (κ1) is 20.7. The molecule has 0 unspecified atom stereocenters. The summed E-state index contributed by atoms with van der Waals surface area (Å²) in [6.45, 7) is 2.41. The summed E-state index contributed by atoms with van der Waals surface area (Å²) in [6.07, 6.45) is 4.61. The topological polar surface area (TPSA) is 92.7 Å². The fraction of sp³-hybridized carbons (Fsp3) is 0.130. The van der Waals surface area contributed by atoms with Crippen LogP contribution >= 0.6 is 0 Å². The lowest BCUT2D eigenvalue weighted by atomic mass is 10.1. The van der Waals surface area contributed by atoms with E-state index in [1.165, 1.54) is 11.8 Å². The van der Waals surface area contributed by atoms with Crippen LogP contribution in [-0.4, -0.2) is 29.6 Å². The Kier molecular flexibility index (Phi) is 7.27. The van der Waals surface area contributed by atoms with Gasteiger partial charge in [0.2, 0.25) is 0 Å². The van der Waals surface area contributed by atoms with Crippen molar-refractivity contribution in [3.63, 3.8) is 0 Å². The zero-order chi connectivity index (χ0) is 21.2. The van der Waals surface area contributed by atoms with Gasteiger partial charge in [0.1, 0.15) is 5.75 Å². The van der Waals surface area contributed by atoms with Crippen molar-refractivity contribution >= 4 is 18.0 Å². The molecule has 7 nitrogen and oxygen atoms in total. The highest BCUT2D eigenvalue weighted by Crippen LogP contribution is 2.11. The molecule has 30 heavy (non-hydrogen) atoms. The maximum atomic E-state index is 11.9. The van der Waals surface area contributed by atoms with E-state index in [2.05, 4.69) is 20.8 Å². The van der Waals surface area contributed by atoms with E-state index in [0.29, 0.717) is 17.9 Å². The summed E-state index contributed by atoms with van der Waals surface area (Å²) in [5, 5.41) is 6.75. The quantitative estimate of drug-likeness (QED) is 0.448. The number of nitrogens with zero attached hydrogens (tertiary/aromatic N) is 2. The second-order valence-electron chi connectivity index (χ2n) is 6.56.